The van der Waals surface area contributed by atoms with Crippen molar-refractivity contribution in [3.63, 3.8) is 0 Å². The number of aromatic nitrogens is 1. The zero-order valence-electron chi connectivity index (χ0n) is 12.6. The van der Waals surface area contributed by atoms with Crippen molar-refractivity contribution < 1.29 is 0 Å². The first-order valence-corrected chi connectivity index (χ1v) is 7.62. The summed E-state index contributed by atoms with van der Waals surface area (Å²) in [4.78, 5) is 7.19. The molecule has 1 atom stereocenters. The fourth-order valence-corrected chi connectivity index (χ4v) is 2.75. The molecule has 106 valence electrons. The molecular formula is C16H27N3. The summed E-state index contributed by atoms with van der Waals surface area (Å²) in [5.74, 6) is 2.03. The number of anilines is 1. The van der Waals surface area contributed by atoms with Gasteiger partial charge in [0.1, 0.15) is 5.82 Å². The fraction of sp³-hybridized carbons (Fsp3) is 0.688. The van der Waals surface area contributed by atoms with Crippen LogP contribution in [0.5, 0.6) is 0 Å². The van der Waals surface area contributed by atoms with Gasteiger partial charge in [0.15, 0.2) is 0 Å². The van der Waals surface area contributed by atoms with Crippen LogP contribution >= 0.6 is 0 Å². The van der Waals surface area contributed by atoms with Gasteiger partial charge in [-0.15, -0.1) is 0 Å². The molecular weight excluding hydrogens is 234 g/mol. The first kappa shape index (κ1) is 14.3. The third-order valence-electron chi connectivity index (χ3n) is 3.92. The Balaban J connectivity index is 2.11. The lowest BCUT2D eigenvalue weighted by Gasteiger charge is -2.22. The van der Waals surface area contributed by atoms with Crippen LogP contribution in [0.4, 0.5) is 5.82 Å². The van der Waals surface area contributed by atoms with Gasteiger partial charge in [-0.1, -0.05) is 13.8 Å². The second kappa shape index (κ2) is 6.90. The van der Waals surface area contributed by atoms with Gasteiger partial charge in [0.05, 0.1) is 0 Å². The van der Waals surface area contributed by atoms with Gasteiger partial charge in [0, 0.05) is 25.3 Å². The van der Waals surface area contributed by atoms with Gasteiger partial charge in [-0.05, 0) is 56.3 Å². The number of pyridine rings is 1. The van der Waals surface area contributed by atoms with Crippen LogP contribution in [0.25, 0.3) is 0 Å². The van der Waals surface area contributed by atoms with Crippen molar-refractivity contribution in [2.45, 2.75) is 46.6 Å². The highest BCUT2D eigenvalue weighted by atomic mass is 15.2. The standard InChI is InChI=1S/C16H27N3/c1-4-17-12-15-10-14(3)18-16(11-15)19-8-5-6-13(2)7-9-19/h10-11,13,17H,4-9,12H2,1-3H3. The van der Waals surface area contributed by atoms with Gasteiger partial charge in [0.2, 0.25) is 0 Å². The number of nitrogens with one attached hydrogen (secondary N) is 1. The molecule has 1 aromatic rings. The van der Waals surface area contributed by atoms with Crippen LogP contribution in [0, 0.1) is 12.8 Å². The minimum absolute atomic E-state index is 0.857. The van der Waals surface area contributed by atoms with E-state index in [0.717, 1.165) is 37.8 Å². The number of rotatable bonds is 4. The van der Waals surface area contributed by atoms with E-state index in [2.05, 4.69) is 43.1 Å². The summed E-state index contributed by atoms with van der Waals surface area (Å²) in [6, 6.07) is 4.44. The van der Waals surface area contributed by atoms with E-state index < -0.39 is 0 Å². The summed E-state index contributed by atoms with van der Waals surface area (Å²) in [5.41, 5.74) is 2.48. The Labute approximate surface area is 117 Å². The van der Waals surface area contributed by atoms with Crippen molar-refractivity contribution in [3.05, 3.63) is 23.4 Å². The lowest BCUT2D eigenvalue weighted by atomic mass is 10.0. The van der Waals surface area contributed by atoms with Gasteiger partial charge in [-0.25, -0.2) is 4.98 Å². The normalized spacial score (nSPS) is 20.4. The van der Waals surface area contributed by atoms with Gasteiger partial charge < -0.3 is 10.2 Å². The third kappa shape index (κ3) is 4.20. The molecule has 1 saturated heterocycles. The summed E-state index contributed by atoms with van der Waals surface area (Å²) >= 11 is 0. The van der Waals surface area contributed by atoms with Crippen LogP contribution in [0.15, 0.2) is 12.1 Å². The molecule has 3 nitrogen and oxygen atoms in total. The topological polar surface area (TPSA) is 28.2 Å². The molecule has 1 N–H and O–H groups in total. The van der Waals surface area contributed by atoms with Crippen LogP contribution in [-0.2, 0) is 6.54 Å². The number of hydrogen-bond acceptors (Lipinski definition) is 3. The third-order valence-corrected chi connectivity index (χ3v) is 3.92. The Morgan fingerprint density at radius 1 is 1.32 bits per heavy atom. The van der Waals surface area contributed by atoms with E-state index >= 15 is 0 Å². The van der Waals surface area contributed by atoms with Crippen LogP contribution in [-0.4, -0.2) is 24.6 Å². The van der Waals surface area contributed by atoms with Crippen molar-refractivity contribution in [1.29, 1.82) is 0 Å². The maximum absolute atomic E-state index is 4.73. The first-order chi connectivity index (χ1) is 9.19. The van der Waals surface area contributed by atoms with Crippen molar-refractivity contribution in [3.8, 4) is 0 Å². The van der Waals surface area contributed by atoms with E-state index in [-0.39, 0.29) is 0 Å². The van der Waals surface area contributed by atoms with Gasteiger partial charge in [-0.2, -0.15) is 0 Å². The highest BCUT2D eigenvalue weighted by molar-refractivity contribution is 5.42. The van der Waals surface area contributed by atoms with E-state index in [0.29, 0.717) is 0 Å². The molecule has 0 bridgehead atoms. The molecule has 0 saturated carbocycles. The summed E-state index contributed by atoms with van der Waals surface area (Å²) in [6.07, 6.45) is 3.93. The highest BCUT2D eigenvalue weighted by Crippen LogP contribution is 2.22. The molecule has 1 unspecified atom stereocenters. The van der Waals surface area contributed by atoms with E-state index in [1.807, 2.05) is 0 Å². The van der Waals surface area contributed by atoms with Gasteiger partial charge in [-0.3, -0.25) is 0 Å². The van der Waals surface area contributed by atoms with Crippen molar-refractivity contribution in [2.75, 3.05) is 24.5 Å². The fourth-order valence-electron chi connectivity index (χ4n) is 2.75. The minimum Gasteiger partial charge on any atom is -0.357 e. The van der Waals surface area contributed by atoms with Crippen LogP contribution < -0.4 is 10.2 Å². The van der Waals surface area contributed by atoms with Gasteiger partial charge >= 0.3 is 0 Å². The monoisotopic (exact) mass is 261 g/mol. The molecule has 0 aromatic carbocycles. The predicted octanol–water partition coefficient (Wildman–Crippen LogP) is 3.13. The Bertz CT molecular complexity index is 403. The summed E-state index contributed by atoms with van der Waals surface area (Å²) in [6.45, 7) is 10.9. The molecule has 19 heavy (non-hydrogen) atoms. The lowest BCUT2D eigenvalue weighted by molar-refractivity contribution is 0.521. The summed E-state index contributed by atoms with van der Waals surface area (Å²) in [7, 11) is 0. The van der Waals surface area contributed by atoms with E-state index in [1.54, 1.807) is 0 Å². The smallest absolute Gasteiger partial charge is 0.129 e. The Kier molecular flexibility index (Phi) is 5.20. The zero-order valence-corrected chi connectivity index (χ0v) is 12.6. The highest BCUT2D eigenvalue weighted by Gasteiger charge is 2.15. The molecule has 2 heterocycles. The largest absolute Gasteiger partial charge is 0.357 e. The first-order valence-electron chi connectivity index (χ1n) is 7.62. The average molecular weight is 261 g/mol. The minimum atomic E-state index is 0.857. The van der Waals surface area contributed by atoms with Crippen molar-refractivity contribution in [1.82, 2.24) is 10.3 Å². The van der Waals surface area contributed by atoms with Crippen LogP contribution in [0.3, 0.4) is 0 Å². The number of aryl methyl sites for hydroxylation is 1. The van der Waals surface area contributed by atoms with E-state index in [4.69, 9.17) is 4.98 Å². The Morgan fingerprint density at radius 3 is 2.95 bits per heavy atom. The molecule has 0 spiro atoms. The zero-order chi connectivity index (χ0) is 13.7. The van der Waals surface area contributed by atoms with Crippen LogP contribution in [0.1, 0.15) is 44.4 Å². The van der Waals surface area contributed by atoms with E-state index in [1.165, 1.54) is 30.6 Å². The Hall–Kier alpha value is -1.09. The molecule has 1 aliphatic rings. The number of nitrogens with zero attached hydrogens (tertiary/aromatic N) is 2. The molecule has 0 aliphatic carbocycles. The van der Waals surface area contributed by atoms with Gasteiger partial charge in [0.25, 0.3) is 0 Å². The lowest BCUT2D eigenvalue weighted by Crippen LogP contribution is -2.25. The molecule has 1 aromatic heterocycles. The van der Waals surface area contributed by atoms with Crippen molar-refractivity contribution >= 4 is 5.82 Å². The summed E-state index contributed by atoms with van der Waals surface area (Å²) in [5, 5.41) is 3.40. The molecule has 1 aliphatic heterocycles. The maximum Gasteiger partial charge on any atom is 0.129 e. The number of hydrogen-bond donors (Lipinski definition) is 1. The molecule has 2 rings (SSSR count). The summed E-state index contributed by atoms with van der Waals surface area (Å²) < 4.78 is 0. The SMILES string of the molecule is CCNCc1cc(C)nc(N2CCCC(C)CC2)c1. The Morgan fingerprint density at radius 2 is 2.16 bits per heavy atom. The van der Waals surface area contributed by atoms with Crippen molar-refractivity contribution in [2.24, 2.45) is 5.92 Å². The van der Waals surface area contributed by atoms with E-state index in [9.17, 15) is 0 Å². The molecule has 3 heteroatoms. The average Bonchev–Trinajstić information content (AvgIpc) is 2.60. The maximum atomic E-state index is 4.73. The molecule has 1 fully saturated rings. The molecule has 0 radical (unpaired) electrons. The quantitative estimate of drug-likeness (QED) is 0.902. The second-order valence-corrected chi connectivity index (χ2v) is 5.78. The second-order valence-electron chi connectivity index (χ2n) is 5.78. The van der Waals surface area contributed by atoms with Crippen LogP contribution in [0.2, 0.25) is 0 Å². The molecule has 0 amide bonds. The predicted molar refractivity (Wildman–Crippen MR) is 81.6 cm³/mol.